The van der Waals surface area contributed by atoms with E-state index in [-0.39, 0.29) is 26.2 Å². The summed E-state index contributed by atoms with van der Waals surface area (Å²) in [6.45, 7) is 1.19. The molecular weight excluding hydrogens is 232 g/mol. The van der Waals surface area contributed by atoms with Crippen molar-refractivity contribution < 1.29 is 34.1 Å². The maximum Gasteiger partial charge on any atom is 0.310 e. The van der Waals surface area contributed by atoms with Gasteiger partial charge in [0, 0.05) is 0 Å². The number of rotatable bonds is 8. The van der Waals surface area contributed by atoms with Crippen LogP contribution in [-0.4, -0.2) is 47.9 Å². The summed E-state index contributed by atoms with van der Waals surface area (Å²) >= 11 is 0. The molecule has 0 aromatic rings. The number of ether oxygens (including phenoxy) is 2. The Kier molecular flexibility index (Phi) is 7.70. The highest BCUT2D eigenvalue weighted by atomic mass is 16.5. The second-order valence-electron chi connectivity index (χ2n) is 3.20. The first-order valence-electron chi connectivity index (χ1n) is 5.16. The van der Waals surface area contributed by atoms with Crippen LogP contribution in [0.4, 0.5) is 0 Å². The summed E-state index contributed by atoms with van der Waals surface area (Å²) in [5.41, 5.74) is 0. The maximum atomic E-state index is 11.3. The molecule has 0 fully saturated rings. The van der Waals surface area contributed by atoms with Crippen LogP contribution < -0.4 is 0 Å². The molecule has 2 N–H and O–H groups in total. The Labute approximate surface area is 98.3 Å². The third-order valence-corrected chi connectivity index (χ3v) is 1.81. The standard InChI is InChI=1S/C10H16O7/c1-2-16-10(15)7(5-8(12)13)6-9(14)17-4-3-11/h7,11H,2-6H2,1H3,(H,12,13). The van der Waals surface area contributed by atoms with Crippen LogP contribution in [0.15, 0.2) is 0 Å². The Morgan fingerprint density at radius 1 is 1.18 bits per heavy atom. The first-order chi connectivity index (χ1) is 8.01. The molecule has 1 atom stereocenters. The van der Waals surface area contributed by atoms with Crippen molar-refractivity contribution in [3.63, 3.8) is 0 Å². The number of hydrogen-bond donors (Lipinski definition) is 2. The zero-order chi connectivity index (χ0) is 13.3. The molecule has 7 heteroatoms. The van der Waals surface area contributed by atoms with E-state index in [2.05, 4.69) is 9.47 Å². The molecule has 0 bridgehead atoms. The van der Waals surface area contributed by atoms with Gasteiger partial charge in [-0.05, 0) is 6.92 Å². The van der Waals surface area contributed by atoms with Gasteiger partial charge in [0.05, 0.1) is 32.0 Å². The highest BCUT2D eigenvalue weighted by molar-refractivity contribution is 5.83. The summed E-state index contributed by atoms with van der Waals surface area (Å²) in [5.74, 6) is -3.73. The molecule has 0 amide bonds. The number of carbonyl (C=O) groups excluding carboxylic acids is 2. The Morgan fingerprint density at radius 3 is 2.29 bits per heavy atom. The molecule has 0 spiro atoms. The molecule has 0 heterocycles. The molecular formula is C10H16O7. The van der Waals surface area contributed by atoms with E-state index in [0.29, 0.717) is 0 Å². The van der Waals surface area contributed by atoms with E-state index in [4.69, 9.17) is 10.2 Å². The van der Waals surface area contributed by atoms with Gasteiger partial charge in [0.1, 0.15) is 6.61 Å². The van der Waals surface area contributed by atoms with Gasteiger partial charge in [0.25, 0.3) is 0 Å². The van der Waals surface area contributed by atoms with Crippen molar-refractivity contribution in [1.82, 2.24) is 0 Å². The van der Waals surface area contributed by atoms with Crippen LogP contribution >= 0.6 is 0 Å². The van der Waals surface area contributed by atoms with Crippen molar-refractivity contribution in [2.24, 2.45) is 5.92 Å². The van der Waals surface area contributed by atoms with Gasteiger partial charge in [-0.2, -0.15) is 0 Å². The van der Waals surface area contributed by atoms with Crippen molar-refractivity contribution >= 4 is 17.9 Å². The van der Waals surface area contributed by atoms with Crippen LogP contribution in [0.25, 0.3) is 0 Å². The molecule has 0 aromatic heterocycles. The average Bonchev–Trinajstić information content (AvgIpc) is 2.25. The van der Waals surface area contributed by atoms with Gasteiger partial charge in [-0.25, -0.2) is 0 Å². The van der Waals surface area contributed by atoms with Crippen LogP contribution in [0.5, 0.6) is 0 Å². The van der Waals surface area contributed by atoms with Crippen molar-refractivity contribution in [2.45, 2.75) is 19.8 Å². The van der Waals surface area contributed by atoms with Crippen LogP contribution in [0, 0.1) is 5.92 Å². The monoisotopic (exact) mass is 248 g/mol. The number of hydrogen-bond acceptors (Lipinski definition) is 6. The highest BCUT2D eigenvalue weighted by Crippen LogP contribution is 2.12. The third-order valence-electron chi connectivity index (χ3n) is 1.81. The number of aliphatic carboxylic acids is 1. The fourth-order valence-electron chi connectivity index (χ4n) is 1.13. The fraction of sp³-hybridized carbons (Fsp3) is 0.700. The Morgan fingerprint density at radius 2 is 1.82 bits per heavy atom. The van der Waals surface area contributed by atoms with Crippen molar-refractivity contribution in [3.05, 3.63) is 0 Å². The van der Waals surface area contributed by atoms with Crippen LogP contribution in [0.1, 0.15) is 19.8 Å². The first-order valence-corrected chi connectivity index (χ1v) is 5.16. The number of carboxylic acid groups (broad SMARTS) is 1. The van der Waals surface area contributed by atoms with Crippen LogP contribution in [0.3, 0.4) is 0 Å². The summed E-state index contributed by atoms with van der Waals surface area (Å²) in [6.07, 6.45) is -0.863. The predicted octanol–water partition coefficient (Wildman–Crippen LogP) is -0.434. The summed E-state index contributed by atoms with van der Waals surface area (Å²) in [6, 6.07) is 0. The number of esters is 2. The third kappa shape index (κ3) is 7.29. The topological polar surface area (TPSA) is 110 Å². The Bertz CT molecular complexity index is 274. The van der Waals surface area contributed by atoms with Crippen molar-refractivity contribution in [2.75, 3.05) is 19.8 Å². The quantitative estimate of drug-likeness (QED) is 0.560. The minimum absolute atomic E-state index is 0.112. The van der Waals surface area contributed by atoms with Gasteiger partial charge in [0.2, 0.25) is 0 Å². The fourth-order valence-corrected chi connectivity index (χ4v) is 1.13. The molecule has 0 aliphatic heterocycles. The van der Waals surface area contributed by atoms with Crippen molar-refractivity contribution in [3.8, 4) is 0 Å². The molecule has 0 aliphatic rings. The normalized spacial score (nSPS) is 11.6. The molecule has 0 saturated heterocycles. The van der Waals surface area contributed by atoms with Gasteiger partial charge < -0.3 is 19.7 Å². The second-order valence-corrected chi connectivity index (χ2v) is 3.20. The summed E-state index contributed by atoms with van der Waals surface area (Å²) in [7, 11) is 0. The lowest BCUT2D eigenvalue weighted by Gasteiger charge is -2.12. The molecule has 1 unspecified atom stereocenters. The number of carboxylic acids is 1. The molecule has 0 aromatic carbocycles. The van der Waals surface area contributed by atoms with E-state index in [1.165, 1.54) is 0 Å². The van der Waals surface area contributed by atoms with Gasteiger partial charge in [-0.15, -0.1) is 0 Å². The summed E-state index contributed by atoms with van der Waals surface area (Å²) in [4.78, 5) is 33.0. The molecule has 0 radical (unpaired) electrons. The van der Waals surface area contributed by atoms with Crippen LogP contribution in [0.2, 0.25) is 0 Å². The van der Waals surface area contributed by atoms with E-state index in [9.17, 15) is 14.4 Å². The zero-order valence-corrected chi connectivity index (χ0v) is 9.55. The van der Waals surface area contributed by atoms with Gasteiger partial charge in [-0.3, -0.25) is 14.4 Å². The summed E-state index contributed by atoms with van der Waals surface area (Å²) < 4.78 is 9.19. The number of carbonyl (C=O) groups is 3. The largest absolute Gasteiger partial charge is 0.481 e. The van der Waals surface area contributed by atoms with Gasteiger partial charge >= 0.3 is 17.9 Å². The van der Waals surface area contributed by atoms with Gasteiger partial charge in [-0.1, -0.05) is 0 Å². The molecule has 0 saturated carbocycles. The zero-order valence-electron chi connectivity index (χ0n) is 9.55. The van der Waals surface area contributed by atoms with E-state index in [0.717, 1.165) is 0 Å². The smallest absolute Gasteiger partial charge is 0.310 e. The number of aliphatic hydroxyl groups excluding tert-OH is 1. The maximum absolute atomic E-state index is 11.3. The lowest BCUT2D eigenvalue weighted by atomic mass is 10.0. The minimum Gasteiger partial charge on any atom is -0.481 e. The lowest BCUT2D eigenvalue weighted by molar-refractivity contribution is -0.158. The molecule has 7 nitrogen and oxygen atoms in total. The predicted molar refractivity (Wildman–Crippen MR) is 55.0 cm³/mol. The van der Waals surface area contributed by atoms with E-state index < -0.39 is 30.2 Å². The molecule has 0 aliphatic carbocycles. The van der Waals surface area contributed by atoms with Gasteiger partial charge in [0.15, 0.2) is 0 Å². The average molecular weight is 248 g/mol. The molecule has 17 heavy (non-hydrogen) atoms. The Balaban J connectivity index is 4.32. The molecule has 0 rings (SSSR count). The van der Waals surface area contributed by atoms with E-state index >= 15 is 0 Å². The van der Waals surface area contributed by atoms with E-state index in [1.807, 2.05) is 0 Å². The summed E-state index contributed by atoms with van der Waals surface area (Å²) in [5, 5.41) is 17.0. The minimum atomic E-state index is -1.20. The highest BCUT2D eigenvalue weighted by Gasteiger charge is 2.26. The van der Waals surface area contributed by atoms with Crippen LogP contribution in [-0.2, 0) is 23.9 Å². The second kappa shape index (κ2) is 8.51. The van der Waals surface area contributed by atoms with Crippen molar-refractivity contribution in [1.29, 1.82) is 0 Å². The number of aliphatic hydroxyl groups is 1. The Hall–Kier alpha value is -1.63. The first kappa shape index (κ1) is 15.4. The molecule has 98 valence electrons. The lowest BCUT2D eigenvalue weighted by Crippen LogP contribution is -2.25. The SMILES string of the molecule is CCOC(=O)C(CC(=O)O)CC(=O)OCCO. The van der Waals surface area contributed by atoms with E-state index in [1.54, 1.807) is 6.92 Å².